The molecule has 1 saturated carbocycles. The van der Waals surface area contributed by atoms with Crippen LogP contribution in [-0.4, -0.2) is 41.5 Å². The van der Waals surface area contributed by atoms with Crippen LogP contribution in [0.3, 0.4) is 0 Å². The second-order valence-electron chi connectivity index (χ2n) is 9.49. The van der Waals surface area contributed by atoms with Crippen LogP contribution in [-0.2, 0) is 19.4 Å². The fourth-order valence-corrected chi connectivity index (χ4v) is 4.53. The van der Waals surface area contributed by atoms with E-state index in [1.807, 2.05) is 18.0 Å². The molecule has 1 fully saturated rings. The van der Waals surface area contributed by atoms with Crippen molar-refractivity contribution in [2.24, 2.45) is 5.92 Å². The number of nitrogens with zero attached hydrogens (tertiary/aromatic N) is 2. The van der Waals surface area contributed by atoms with Gasteiger partial charge in [0.2, 0.25) is 0 Å². The summed E-state index contributed by atoms with van der Waals surface area (Å²) in [6.45, 7) is 6.15. The van der Waals surface area contributed by atoms with Gasteiger partial charge in [0.05, 0.1) is 12.8 Å². The van der Waals surface area contributed by atoms with Crippen molar-refractivity contribution >= 4 is 5.91 Å². The van der Waals surface area contributed by atoms with Crippen molar-refractivity contribution in [3.05, 3.63) is 58.9 Å². The molecule has 2 aliphatic rings. The minimum Gasteiger partial charge on any atom is -0.492 e. The third-order valence-electron chi connectivity index (χ3n) is 6.91. The highest BCUT2D eigenvalue weighted by Gasteiger charge is 2.29. The van der Waals surface area contributed by atoms with Crippen LogP contribution in [0.5, 0.6) is 5.75 Å². The number of amides is 1. The minimum atomic E-state index is -0.0243. The molecule has 1 amide bonds. The standard InChI is InChI=1S/C27H37N3O2/c1-4-6-23(5-2)28-16-20-9-10-21-14-24(15-22(21)13-20)30(3)27(31)26-12-11-25(17-29-26)32-18-19-7-8-19/h9-13,17,19,23-24,28H,4-8,14-16,18H2,1-3H3/t23?,24-/m1/s1. The topological polar surface area (TPSA) is 54.5 Å². The summed E-state index contributed by atoms with van der Waals surface area (Å²) in [4.78, 5) is 19.3. The van der Waals surface area contributed by atoms with E-state index in [2.05, 4.69) is 42.3 Å². The predicted molar refractivity (Wildman–Crippen MR) is 128 cm³/mol. The first-order chi connectivity index (χ1) is 15.6. The summed E-state index contributed by atoms with van der Waals surface area (Å²) >= 11 is 0. The summed E-state index contributed by atoms with van der Waals surface area (Å²) in [5.74, 6) is 1.42. The largest absolute Gasteiger partial charge is 0.492 e. The number of fused-ring (bicyclic) bond motifs is 1. The van der Waals surface area contributed by atoms with Crippen molar-refractivity contribution < 1.29 is 9.53 Å². The van der Waals surface area contributed by atoms with Crippen LogP contribution >= 0.6 is 0 Å². The number of nitrogens with one attached hydrogen (secondary N) is 1. The van der Waals surface area contributed by atoms with Gasteiger partial charge in [-0.2, -0.15) is 0 Å². The summed E-state index contributed by atoms with van der Waals surface area (Å²) in [5.41, 5.74) is 4.54. The molecule has 2 aliphatic carbocycles. The van der Waals surface area contributed by atoms with Crippen LogP contribution in [0.2, 0.25) is 0 Å². The van der Waals surface area contributed by atoms with Gasteiger partial charge in [-0.15, -0.1) is 0 Å². The number of ether oxygens (including phenoxy) is 1. The molecule has 0 spiro atoms. The smallest absolute Gasteiger partial charge is 0.272 e. The third-order valence-corrected chi connectivity index (χ3v) is 6.91. The lowest BCUT2D eigenvalue weighted by molar-refractivity contribution is 0.0731. The van der Waals surface area contributed by atoms with Crippen LogP contribution in [0.15, 0.2) is 36.5 Å². The molecule has 5 heteroatoms. The van der Waals surface area contributed by atoms with Crippen LogP contribution in [0, 0.1) is 5.92 Å². The minimum absolute atomic E-state index is 0.0243. The first-order valence-electron chi connectivity index (χ1n) is 12.3. The maximum atomic E-state index is 13.0. The van der Waals surface area contributed by atoms with Crippen LogP contribution < -0.4 is 10.1 Å². The summed E-state index contributed by atoms with van der Waals surface area (Å²) in [5, 5.41) is 3.69. The summed E-state index contributed by atoms with van der Waals surface area (Å²) in [7, 11) is 1.90. The molecule has 0 aliphatic heterocycles. The monoisotopic (exact) mass is 435 g/mol. The summed E-state index contributed by atoms with van der Waals surface area (Å²) in [6, 6.07) is 11.2. The lowest BCUT2D eigenvalue weighted by Gasteiger charge is -2.24. The normalized spacial score (nSPS) is 18.3. The average molecular weight is 436 g/mol. The van der Waals surface area contributed by atoms with Gasteiger partial charge in [-0.25, -0.2) is 4.98 Å². The summed E-state index contributed by atoms with van der Waals surface area (Å²) in [6.07, 6.45) is 9.59. The number of hydrogen-bond donors (Lipinski definition) is 1. The Kier molecular flexibility index (Phi) is 7.46. The number of likely N-dealkylation sites (N-methyl/N-ethyl adjacent to an activating group) is 1. The van der Waals surface area contributed by atoms with Crippen LogP contribution in [0.25, 0.3) is 0 Å². The highest BCUT2D eigenvalue weighted by Crippen LogP contribution is 2.30. The van der Waals surface area contributed by atoms with Crippen molar-refractivity contribution in [2.75, 3.05) is 13.7 Å². The van der Waals surface area contributed by atoms with E-state index in [1.165, 1.54) is 42.4 Å². The van der Waals surface area contributed by atoms with Gasteiger partial charge < -0.3 is 15.0 Å². The van der Waals surface area contributed by atoms with Gasteiger partial charge in [-0.1, -0.05) is 38.5 Å². The highest BCUT2D eigenvalue weighted by molar-refractivity contribution is 5.92. The Balaban J connectivity index is 1.32. The fourth-order valence-electron chi connectivity index (χ4n) is 4.53. The van der Waals surface area contributed by atoms with Gasteiger partial charge in [-0.05, 0) is 73.3 Å². The van der Waals surface area contributed by atoms with Crippen LogP contribution in [0.1, 0.15) is 73.1 Å². The molecule has 1 heterocycles. The molecule has 1 aromatic heterocycles. The van der Waals surface area contributed by atoms with E-state index in [1.54, 1.807) is 12.3 Å². The Bertz CT molecular complexity index is 908. The molecule has 5 nitrogen and oxygen atoms in total. The lowest BCUT2D eigenvalue weighted by Crippen LogP contribution is -2.38. The molecular formula is C27H37N3O2. The third kappa shape index (κ3) is 5.69. The zero-order valence-electron chi connectivity index (χ0n) is 19.8. The molecule has 2 aromatic rings. The maximum Gasteiger partial charge on any atom is 0.272 e. The van der Waals surface area contributed by atoms with Gasteiger partial charge >= 0.3 is 0 Å². The van der Waals surface area contributed by atoms with E-state index in [-0.39, 0.29) is 11.9 Å². The fraction of sp³-hybridized carbons (Fsp3) is 0.556. The van der Waals surface area contributed by atoms with Gasteiger partial charge in [0.1, 0.15) is 11.4 Å². The van der Waals surface area contributed by atoms with Gasteiger partial charge in [0, 0.05) is 25.7 Å². The number of carbonyl (C=O) groups excluding carboxylic acids is 1. The number of benzene rings is 1. The second-order valence-corrected chi connectivity index (χ2v) is 9.49. The quantitative estimate of drug-likeness (QED) is 0.552. The number of pyridine rings is 1. The molecule has 4 rings (SSSR count). The number of aromatic nitrogens is 1. The molecule has 172 valence electrons. The van der Waals surface area contributed by atoms with Gasteiger partial charge in [-0.3, -0.25) is 4.79 Å². The Morgan fingerprint density at radius 3 is 2.69 bits per heavy atom. The number of rotatable bonds is 11. The molecule has 2 atom stereocenters. The lowest BCUT2D eigenvalue weighted by atomic mass is 10.1. The van der Waals surface area contributed by atoms with Gasteiger partial charge in [0.25, 0.3) is 5.91 Å². The maximum absolute atomic E-state index is 13.0. The first-order valence-corrected chi connectivity index (χ1v) is 12.3. The van der Waals surface area contributed by atoms with Crippen molar-refractivity contribution in [1.29, 1.82) is 0 Å². The Morgan fingerprint density at radius 2 is 2.00 bits per heavy atom. The van der Waals surface area contributed by atoms with Crippen molar-refractivity contribution in [3.63, 3.8) is 0 Å². The molecule has 32 heavy (non-hydrogen) atoms. The Hall–Kier alpha value is -2.40. The van der Waals surface area contributed by atoms with Crippen molar-refractivity contribution in [2.45, 2.75) is 77.4 Å². The molecule has 1 aromatic carbocycles. The zero-order valence-corrected chi connectivity index (χ0v) is 19.8. The summed E-state index contributed by atoms with van der Waals surface area (Å²) < 4.78 is 5.74. The first kappa shape index (κ1) is 22.8. The van der Waals surface area contributed by atoms with Crippen molar-refractivity contribution in [3.8, 4) is 5.75 Å². The van der Waals surface area contributed by atoms with Crippen LogP contribution in [0.4, 0.5) is 0 Å². The molecule has 1 unspecified atom stereocenters. The van der Waals surface area contributed by atoms with E-state index in [9.17, 15) is 4.79 Å². The molecular weight excluding hydrogens is 398 g/mol. The highest BCUT2D eigenvalue weighted by atomic mass is 16.5. The predicted octanol–water partition coefficient (Wildman–Crippen LogP) is 4.78. The number of hydrogen-bond acceptors (Lipinski definition) is 4. The molecule has 0 radical (unpaired) electrons. The molecule has 0 bridgehead atoms. The SMILES string of the molecule is CCCC(CC)NCc1ccc2c(c1)C[C@H](N(C)C(=O)c1ccc(OCC3CC3)cn1)C2. The van der Waals surface area contributed by atoms with Crippen molar-refractivity contribution in [1.82, 2.24) is 15.2 Å². The van der Waals surface area contributed by atoms with E-state index in [4.69, 9.17) is 4.74 Å². The van der Waals surface area contributed by atoms with E-state index in [0.717, 1.165) is 38.2 Å². The second kappa shape index (κ2) is 10.5. The van der Waals surface area contributed by atoms with Gasteiger partial charge in [0.15, 0.2) is 0 Å². The van der Waals surface area contributed by atoms with E-state index < -0.39 is 0 Å². The molecule has 0 saturated heterocycles. The van der Waals surface area contributed by atoms with E-state index in [0.29, 0.717) is 17.7 Å². The zero-order chi connectivity index (χ0) is 22.5. The average Bonchev–Trinajstić information content (AvgIpc) is 3.56. The number of carbonyl (C=O) groups is 1. The Morgan fingerprint density at radius 1 is 1.19 bits per heavy atom. The Labute approximate surface area is 192 Å². The molecule has 1 N–H and O–H groups in total. The van der Waals surface area contributed by atoms with E-state index >= 15 is 0 Å².